The van der Waals surface area contributed by atoms with Gasteiger partial charge in [0.05, 0.1) is 16.8 Å². The minimum absolute atomic E-state index is 0.0510. The molecule has 2 atom stereocenters. The van der Waals surface area contributed by atoms with Gasteiger partial charge in [0.2, 0.25) is 11.8 Å². The molecule has 6 nitrogen and oxygen atoms in total. The van der Waals surface area contributed by atoms with E-state index in [1.165, 1.54) is 31.0 Å². The second kappa shape index (κ2) is 9.41. The number of likely N-dealkylation sites (tertiary alicyclic amines) is 1. The molecule has 2 amide bonds. The number of carbonyl (C=O) groups is 2. The van der Waals surface area contributed by atoms with E-state index in [9.17, 15) is 9.59 Å². The van der Waals surface area contributed by atoms with Gasteiger partial charge in [0.25, 0.3) is 0 Å². The summed E-state index contributed by atoms with van der Waals surface area (Å²) < 4.78 is 1.99. The molecule has 162 valence electrons. The minimum atomic E-state index is 0.0510. The number of hydrogen-bond acceptors (Lipinski definition) is 4. The molecule has 1 aromatic carbocycles. The molecule has 30 heavy (non-hydrogen) atoms. The third kappa shape index (κ3) is 4.66. The third-order valence-electron chi connectivity index (χ3n) is 6.45. The number of imidazole rings is 1. The first kappa shape index (κ1) is 21.2. The molecule has 0 spiro atoms. The van der Waals surface area contributed by atoms with Crippen molar-refractivity contribution >= 4 is 34.6 Å². The van der Waals surface area contributed by atoms with Crippen molar-refractivity contribution in [1.29, 1.82) is 0 Å². The van der Waals surface area contributed by atoms with E-state index >= 15 is 0 Å². The van der Waals surface area contributed by atoms with Gasteiger partial charge in [-0.25, -0.2) is 4.98 Å². The number of hydrogen-bond donors (Lipinski definition) is 1. The molecular formula is C23H32N4O2S. The molecule has 1 saturated carbocycles. The van der Waals surface area contributed by atoms with Crippen LogP contribution < -0.4 is 5.32 Å². The minimum Gasteiger partial charge on any atom is -0.353 e. The Hall–Kier alpha value is -2.02. The molecule has 7 heteroatoms. The van der Waals surface area contributed by atoms with Crippen molar-refractivity contribution in [2.45, 2.75) is 88.6 Å². The van der Waals surface area contributed by atoms with E-state index in [1.54, 1.807) is 0 Å². The van der Waals surface area contributed by atoms with Crippen LogP contribution in [-0.4, -0.2) is 50.1 Å². The number of benzene rings is 1. The van der Waals surface area contributed by atoms with Crippen LogP contribution in [0.3, 0.4) is 0 Å². The Morgan fingerprint density at radius 2 is 1.77 bits per heavy atom. The van der Waals surface area contributed by atoms with Crippen LogP contribution >= 0.6 is 11.8 Å². The van der Waals surface area contributed by atoms with E-state index in [0.29, 0.717) is 11.8 Å². The van der Waals surface area contributed by atoms with Gasteiger partial charge in [-0.3, -0.25) is 9.59 Å². The summed E-state index contributed by atoms with van der Waals surface area (Å²) in [4.78, 5) is 32.4. The van der Waals surface area contributed by atoms with E-state index in [4.69, 9.17) is 4.98 Å². The number of rotatable bonds is 6. The van der Waals surface area contributed by atoms with E-state index in [0.717, 1.165) is 41.9 Å². The summed E-state index contributed by atoms with van der Waals surface area (Å²) in [5.41, 5.74) is 1.81. The molecule has 2 unspecified atom stereocenters. The third-order valence-corrected chi connectivity index (χ3v) is 7.42. The topological polar surface area (TPSA) is 67.2 Å². The second-order valence-electron chi connectivity index (χ2n) is 8.74. The summed E-state index contributed by atoms with van der Waals surface area (Å²) in [6, 6.07) is 8.75. The average molecular weight is 429 g/mol. The zero-order valence-corrected chi connectivity index (χ0v) is 18.8. The monoisotopic (exact) mass is 428 g/mol. The lowest BCUT2D eigenvalue weighted by Crippen LogP contribution is -2.48. The van der Waals surface area contributed by atoms with Crippen LogP contribution in [0, 0.1) is 0 Å². The van der Waals surface area contributed by atoms with Gasteiger partial charge in [-0.05, 0) is 58.1 Å². The highest BCUT2D eigenvalue weighted by Crippen LogP contribution is 2.27. The quantitative estimate of drug-likeness (QED) is 0.707. The summed E-state index contributed by atoms with van der Waals surface area (Å²) in [5, 5.41) is 3.87. The number of carbonyl (C=O) groups excluding carboxylic acids is 2. The summed E-state index contributed by atoms with van der Waals surface area (Å²) in [7, 11) is 0. The first-order valence-electron chi connectivity index (χ1n) is 11.2. The SMILES string of the molecule is CC1CCCC(C)N1C(=O)Cn1c(SCC(=O)NC2CCCC2)nc2ccccc21. The lowest BCUT2D eigenvalue weighted by atomic mass is 9.97. The molecule has 2 fully saturated rings. The lowest BCUT2D eigenvalue weighted by molar-refractivity contribution is -0.138. The molecule has 1 N–H and O–H groups in total. The largest absolute Gasteiger partial charge is 0.353 e. The van der Waals surface area contributed by atoms with E-state index in [1.807, 2.05) is 33.7 Å². The number of thioether (sulfide) groups is 1. The van der Waals surface area contributed by atoms with Crippen molar-refractivity contribution in [3.05, 3.63) is 24.3 Å². The molecule has 2 aromatic rings. The summed E-state index contributed by atoms with van der Waals surface area (Å²) in [6.45, 7) is 4.55. The predicted octanol–water partition coefficient (Wildman–Crippen LogP) is 3.98. The van der Waals surface area contributed by atoms with Crippen molar-refractivity contribution in [3.8, 4) is 0 Å². The molecule has 2 aliphatic rings. The van der Waals surface area contributed by atoms with Crippen molar-refractivity contribution in [2.24, 2.45) is 0 Å². The number of nitrogens with one attached hydrogen (secondary N) is 1. The Labute approximate surface area is 182 Å². The predicted molar refractivity (Wildman–Crippen MR) is 120 cm³/mol. The maximum atomic E-state index is 13.2. The van der Waals surface area contributed by atoms with Gasteiger partial charge < -0.3 is 14.8 Å². The van der Waals surface area contributed by atoms with Crippen molar-refractivity contribution in [3.63, 3.8) is 0 Å². The van der Waals surface area contributed by atoms with Gasteiger partial charge in [0.15, 0.2) is 5.16 Å². The fraction of sp³-hybridized carbons (Fsp3) is 0.609. The van der Waals surface area contributed by atoms with Gasteiger partial charge in [0.1, 0.15) is 6.54 Å². The number of piperidine rings is 1. The highest BCUT2D eigenvalue weighted by Gasteiger charge is 2.29. The maximum absolute atomic E-state index is 13.2. The Morgan fingerprint density at radius 1 is 1.07 bits per heavy atom. The van der Waals surface area contributed by atoms with Crippen LogP contribution in [0.5, 0.6) is 0 Å². The zero-order valence-electron chi connectivity index (χ0n) is 18.0. The Morgan fingerprint density at radius 3 is 2.50 bits per heavy atom. The first-order valence-corrected chi connectivity index (χ1v) is 12.2. The van der Waals surface area contributed by atoms with Crippen LogP contribution in [0.2, 0.25) is 0 Å². The second-order valence-corrected chi connectivity index (χ2v) is 9.68. The number of fused-ring (bicyclic) bond motifs is 1. The summed E-state index contributed by atoms with van der Waals surface area (Å²) in [6.07, 6.45) is 7.85. The first-order chi connectivity index (χ1) is 14.5. The van der Waals surface area contributed by atoms with Crippen molar-refractivity contribution < 1.29 is 9.59 Å². The molecule has 4 rings (SSSR count). The van der Waals surface area contributed by atoms with E-state index in [-0.39, 0.29) is 30.4 Å². The number of para-hydroxylation sites is 2. The standard InChI is InChI=1S/C23H32N4O2S/c1-16-8-7-9-17(2)27(16)22(29)14-26-20-13-6-5-12-19(20)25-23(26)30-15-21(28)24-18-10-3-4-11-18/h5-6,12-13,16-18H,3-4,7-11,14-15H2,1-2H3,(H,24,28). The molecule has 2 heterocycles. The smallest absolute Gasteiger partial charge is 0.243 e. The Bertz CT molecular complexity index is 896. The normalized spacial score (nSPS) is 22.5. The zero-order chi connectivity index (χ0) is 21.1. The molecule has 0 bridgehead atoms. The van der Waals surface area contributed by atoms with E-state index in [2.05, 4.69) is 19.2 Å². The van der Waals surface area contributed by atoms with Crippen LogP contribution in [0.15, 0.2) is 29.4 Å². The van der Waals surface area contributed by atoms with Gasteiger partial charge in [-0.1, -0.05) is 36.7 Å². The van der Waals surface area contributed by atoms with Crippen LogP contribution in [0.4, 0.5) is 0 Å². The summed E-state index contributed by atoms with van der Waals surface area (Å²) in [5.74, 6) is 0.509. The Balaban J connectivity index is 1.50. The maximum Gasteiger partial charge on any atom is 0.243 e. The number of nitrogens with zero attached hydrogens (tertiary/aromatic N) is 3. The molecule has 1 aliphatic heterocycles. The molecular weight excluding hydrogens is 396 g/mol. The molecule has 1 aliphatic carbocycles. The highest BCUT2D eigenvalue weighted by molar-refractivity contribution is 7.99. The number of aromatic nitrogens is 2. The van der Waals surface area contributed by atoms with Crippen LogP contribution in [-0.2, 0) is 16.1 Å². The molecule has 0 radical (unpaired) electrons. The van der Waals surface area contributed by atoms with Crippen molar-refractivity contribution in [2.75, 3.05) is 5.75 Å². The Kier molecular flexibility index (Phi) is 6.66. The fourth-order valence-electron chi connectivity index (χ4n) is 4.92. The van der Waals surface area contributed by atoms with Gasteiger partial charge >= 0.3 is 0 Å². The van der Waals surface area contributed by atoms with Crippen LogP contribution in [0.1, 0.15) is 58.8 Å². The van der Waals surface area contributed by atoms with Gasteiger partial charge in [0, 0.05) is 18.1 Å². The van der Waals surface area contributed by atoms with Crippen molar-refractivity contribution in [1.82, 2.24) is 19.8 Å². The molecule has 1 aromatic heterocycles. The molecule has 1 saturated heterocycles. The summed E-state index contributed by atoms with van der Waals surface area (Å²) >= 11 is 1.42. The van der Waals surface area contributed by atoms with Crippen LogP contribution in [0.25, 0.3) is 11.0 Å². The van der Waals surface area contributed by atoms with Gasteiger partial charge in [-0.15, -0.1) is 0 Å². The number of amides is 2. The van der Waals surface area contributed by atoms with Gasteiger partial charge in [-0.2, -0.15) is 0 Å². The lowest BCUT2D eigenvalue weighted by Gasteiger charge is -2.39. The fourth-order valence-corrected chi connectivity index (χ4v) is 5.74. The highest BCUT2D eigenvalue weighted by atomic mass is 32.2. The average Bonchev–Trinajstić information content (AvgIpc) is 3.34. The van der Waals surface area contributed by atoms with E-state index < -0.39 is 0 Å².